The van der Waals surface area contributed by atoms with Gasteiger partial charge in [0.25, 0.3) is 21.8 Å². The third-order valence-corrected chi connectivity index (χ3v) is 8.57. The van der Waals surface area contributed by atoms with E-state index in [1.54, 1.807) is 36.4 Å². The average Bonchev–Trinajstić information content (AvgIpc) is 3.09. The summed E-state index contributed by atoms with van der Waals surface area (Å²) in [6.45, 7) is 0.627. The number of nitrogens with zero attached hydrogens (tertiary/aromatic N) is 1. The van der Waals surface area contributed by atoms with E-state index >= 15 is 0 Å². The molecule has 2 aliphatic rings. The van der Waals surface area contributed by atoms with E-state index in [0.29, 0.717) is 29.5 Å². The van der Waals surface area contributed by atoms with Gasteiger partial charge in [0, 0.05) is 23.4 Å². The molecule has 1 atom stereocenters. The van der Waals surface area contributed by atoms with Crippen LogP contribution < -0.4 is 9.62 Å². The first-order valence-electron chi connectivity index (χ1n) is 13.2. The molecule has 1 aliphatic heterocycles. The van der Waals surface area contributed by atoms with Gasteiger partial charge in [0.1, 0.15) is 0 Å². The predicted molar refractivity (Wildman–Crippen MR) is 150 cm³/mol. The lowest BCUT2D eigenvalue weighted by Gasteiger charge is -2.32. The molecule has 0 spiro atoms. The lowest BCUT2D eigenvalue weighted by Crippen LogP contribution is -2.36. The normalized spacial score (nSPS) is 18.7. The molecule has 6 nitrogen and oxygen atoms in total. The number of hydrogen-bond donors (Lipinski definition) is 1. The van der Waals surface area contributed by atoms with Crippen LogP contribution in [0.5, 0.6) is 0 Å². The van der Waals surface area contributed by atoms with Crippen molar-refractivity contribution in [2.24, 2.45) is 11.8 Å². The summed E-state index contributed by atoms with van der Waals surface area (Å²) in [6.07, 6.45) is 8.24. The minimum Gasteiger partial charge on any atom is -0.308 e. The number of carbonyl (C=O) groups excluding carboxylic acids is 2. The highest BCUT2D eigenvalue weighted by molar-refractivity contribution is 7.93. The monoisotopic (exact) mass is 528 g/mol. The van der Waals surface area contributed by atoms with Gasteiger partial charge in [-0.2, -0.15) is 0 Å². The van der Waals surface area contributed by atoms with Crippen LogP contribution in [0, 0.1) is 11.8 Å². The molecule has 7 heteroatoms. The van der Waals surface area contributed by atoms with Gasteiger partial charge in [-0.05, 0) is 59.7 Å². The number of para-hydroxylation sites is 1. The zero-order chi connectivity index (χ0) is 26.5. The highest BCUT2D eigenvalue weighted by Gasteiger charge is 2.34. The van der Waals surface area contributed by atoms with E-state index in [2.05, 4.69) is 4.72 Å². The van der Waals surface area contributed by atoms with Crippen molar-refractivity contribution < 1.29 is 18.0 Å². The smallest absolute Gasteiger partial charge is 0.265 e. The van der Waals surface area contributed by atoms with Crippen molar-refractivity contribution in [3.63, 3.8) is 0 Å². The molecule has 1 fully saturated rings. The van der Waals surface area contributed by atoms with Crippen molar-refractivity contribution in [3.8, 4) is 0 Å². The highest BCUT2D eigenvalue weighted by atomic mass is 32.2. The Morgan fingerprint density at radius 1 is 0.868 bits per heavy atom. The number of sulfonamides is 1. The maximum absolute atomic E-state index is 13.8. The Hall–Kier alpha value is -3.71. The van der Waals surface area contributed by atoms with Crippen LogP contribution >= 0.6 is 0 Å². The third-order valence-electron chi connectivity index (χ3n) is 7.61. The van der Waals surface area contributed by atoms with Gasteiger partial charge in [0.15, 0.2) is 0 Å². The van der Waals surface area contributed by atoms with E-state index in [9.17, 15) is 18.0 Å². The van der Waals surface area contributed by atoms with Crippen LogP contribution in [-0.4, -0.2) is 26.8 Å². The molecule has 0 saturated heterocycles. The van der Waals surface area contributed by atoms with Gasteiger partial charge in [0.05, 0.1) is 5.41 Å². The van der Waals surface area contributed by atoms with Gasteiger partial charge < -0.3 is 4.90 Å². The summed E-state index contributed by atoms with van der Waals surface area (Å²) >= 11 is 0. The molecule has 0 radical (unpaired) electrons. The van der Waals surface area contributed by atoms with Gasteiger partial charge in [0.2, 0.25) is 0 Å². The van der Waals surface area contributed by atoms with Crippen LogP contribution in [0.4, 0.5) is 5.69 Å². The molecular weight excluding hydrogens is 496 g/mol. The van der Waals surface area contributed by atoms with E-state index in [4.69, 9.17) is 0 Å². The highest BCUT2D eigenvalue weighted by Crippen LogP contribution is 2.36. The van der Waals surface area contributed by atoms with Crippen molar-refractivity contribution in [2.45, 2.75) is 38.5 Å². The standard InChI is InChI=1S/C31H32N2O4S/c34-30(32-38(36,37)19-18-23-10-4-1-5-11-23)26-17-16-25-20-27(24-12-6-2-7-13-24)22-33(31(35)29(25)21-26)28-14-8-3-9-15-28/h1,3-5,8-11,14-19,21,24,27H,2,6-7,12-13,20,22H2,(H,32,34)/b19-18+. The minimum atomic E-state index is -4.02. The fourth-order valence-electron chi connectivity index (χ4n) is 5.61. The molecule has 1 saturated carbocycles. The van der Waals surface area contributed by atoms with E-state index in [0.717, 1.165) is 23.1 Å². The molecule has 1 N–H and O–H groups in total. The molecule has 1 unspecified atom stereocenters. The van der Waals surface area contributed by atoms with E-state index in [-0.39, 0.29) is 11.5 Å². The number of rotatable bonds is 6. The van der Waals surface area contributed by atoms with Crippen LogP contribution in [0.15, 0.2) is 84.3 Å². The number of hydrogen-bond acceptors (Lipinski definition) is 4. The lowest BCUT2D eigenvalue weighted by molar-refractivity contribution is 0.0980. The number of fused-ring (bicyclic) bond motifs is 1. The molecular formula is C31H32N2O4S. The Labute approximate surface area is 224 Å². The van der Waals surface area contributed by atoms with Crippen molar-refractivity contribution in [1.82, 2.24) is 4.72 Å². The molecule has 196 valence electrons. The Bertz CT molecular complexity index is 1430. The van der Waals surface area contributed by atoms with Crippen molar-refractivity contribution in [1.29, 1.82) is 0 Å². The van der Waals surface area contributed by atoms with E-state index in [1.807, 2.05) is 47.4 Å². The molecule has 5 rings (SSSR count). The summed E-state index contributed by atoms with van der Waals surface area (Å²) in [6, 6.07) is 23.6. The molecule has 2 amide bonds. The summed E-state index contributed by atoms with van der Waals surface area (Å²) in [5.74, 6) is -0.0502. The van der Waals surface area contributed by atoms with Gasteiger partial charge in [-0.15, -0.1) is 0 Å². The van der Waals surface area contributed by atoms with Crippen LogP contribution in [0.1, 0.15) is 63.9 Å². The average molecular weight is 529 g/mol. The van der Waals surface area contributed by atoms with Crippen LogP contribution in [0.25, 0.3) is 6.08 Å². The SMILES string of the molecule is O=C(NS(=O)(=O)/C=C/c1ccccc1)c1ccc2c(c1)C(=O)N(c1ccccc1)CC(C1CCCCC1)C2. The summed E-state index contributed by atoms with van der Waals surface area (Å²) in [7, 11) is -4.02. The lowest BCUT2D eigenvalue weighted by atomic mass is 9.77. The Morgan fingerprint density at radius 2 is 1.55 bits per heavy atom. The fourth-order valence-corrected chi connectivity index (χ4v) is 6.39. The van der Waals surface area contributed by atoms with Crippen molar-refractivity contribution in [3.05, 3.63) is 107 Å². The topological polar surface area (TPSA) is 83.5 Å². The molecule has 3 aromatic rings. The first kappa shape index (κ1) is 25.9. The number of amides is 2. The first-order valence-corrected chi connectivity index (χ1v) is 14.7. The summed E-state index contributed by atoms with van der Waals surface area (Å²) in [5.41, 5.74) is 3.03. The van der Waals surface area contributed by atoms with Crippen molar-refractivity contribution >= 4 is 33.6 Å². The van der Waals surface area contributed by atoms with E-state index < -0.39 is 15.9 Å². The Kier molecular flexibility index (Phi) is 7.74. The Morgan fingerprint density at radius 3 is 2.26 bits per heavy atom. The number of carbonyl (C=O) groups is 2. The second kappa shape index (κ2) is 11.4. The third kappa shape index (κ3) is 6.05. The second-order valence-corrected chi connectivity index (χ2v) is 11.7. The number of nitrogens with one attached hydrogen (secondary N) is 1. The van der Waals surface area contributed by atoms with Crippen LogP contribution in [-0.2, 0) is 16.4 Å². The molecule has 1 aliphatic carbocycles. The van der Waals surface area contributed by atoms with E-state index in [1.165, 1.54) is 38.2 Å². The summed E-state index contributed by atoms with van der Waals surface area (Å²) in [5, 5.41) is 0.973. The quantitative estimate of drug-likeness (QED) is 0.437. The van der Waals surface area contributed by atoms with Crippen molar-refractivity contribution in [2.75, 3.05) is 11.4 Å². The molecule has 0 aromatic heterocycles. The molecule has 1 heterocycles. The molecule has 38 heavy (non-hydrogen) atoms. The molecule has 0 bridgehead atoms. The largest absolute Gasteiger partial charge is 0.308 e. The zero-order valence-corrected chi connectivity index (χ0v) is 22.1. The summed E-state index contributed by atoms with van der Waals surface area (Å²) in [4.78, 5) is 28.6. The van der Waals surface area contributed by atoms with Gasteiger partial charge in [-0.25, -0.2) is 13.1 Å². The first-order chi connectivity index (χ1) is 18.4. The maximum Gasteiger partial charge on any atom is 0.265 e. The molecule has 3 aromatic carbocycles. The number of anilines is 1. The fraction of sp³-hybridized carbons (Fsp3) is 0.290. The predicted octanol–water partition coefficient (Wildman–Crippen LogP) is 5.82. The minimum absolute atomic E-state index is 0.137. The van der Waals surface area contributed by atoms with Crippen LogP contribution in [0.3, 0.4) is 0 Å². The van der Waals surface area contributed by atoms with Gasteiger partial charge >= 0.3 is 0 Å². The van der Waals surface area contributed by atoms with Gasteiger partial charge in [-0.3, -0.25) is 9.59 Å². The second-order valence-electron chi connectivity index (χ2n) is 10.2. The maximum atomic E-state index is 13.8. The van der Waals surface area contributed by atoms with Crippen LogP contribution in [0.2, 0.25) is 0 Å². The number of benzene rings is 3. The summed E-state index contributed by atoms with van der Waals surface area (Å²) < 4.78 is 27.2. The van der Waals surface area contributed by atoms with Gasteiger partial charge in [-0.1, -0.05) is 86.7 Å². The Balaban J connectivity index is 1.42. The zero-order valence-electron chi connectivity index (χ0n) is 21.3.